The molecule has 3 unspecified atom stereocenters. The molecule has 0 amide bonds. The van der Waals surface area contributed by atoms with Crippen LogP contribution in [-0.4, -0.2) is 10.1 Å². The highest BCUT2D eigenvalue weighted by Crippen LogP contribution is 2.47. The van der Waals surface area contributed by atoms with Crippen molar-refractivity contribution in [2.24, 2.45) is 11.3 Å². The zero-order chi connectivity index (χ0) is 14.9. The van der Waals surface area contributed by atoms with E-state index < -0.39 is 11.5 Å². The average Bonchev–Trinajstić information content (AvgIpc) is 2.53. The minimum atomic E-state index is -0.810. The van der Waals surface area contributed by atoms with Crippen LogP contribution in [0.1, 0.15) is 44.4 Å². The standard InChI is InChI=1S/C18H20N2O/c1-13-5-4-10-18(11-13,12-19)17(21)16-9-8-14-6-2-3-7-15(14)20-16/h2-3,6-9,13,17,21H,4-5,10-11H2,1H3. The molecule has 0 spiro atoms. The largest absolute Gasteiger partial charge is 0.385 e. The first-order valence-electron chi connectivity index (χ1n) is 7.60. The molecule has 3 nitrogen and oxygen atoms in total. The fourth-order valence-electron chi connectivity index (χ4n) is 3.52. The van der Waals surface area contributed by atoms with E-state index in [0.29, 0.717) is 11.6 Å². The van der Waals surface area contributed by atoms with Gasteiger partial charge in [-0.3, -0.25) is 4.98 Å². The third-order valence-corrected chi connectivity index (χ3v) is 4.68. The van der Waals surface area contributed by atoms with Crippen molar-refractivity contribution in [1.29, 1.82) is 5.26 Å². The fraction of sp³-hybridized carbons (Fsp3) is 0.444. The summed E-state index contributed by atoms with van der Waals surface area (Å²) in [5, 5.41) is 21.5. The van der Waals surface area contributed by atoms with Crippen molar-refractivity contribution in [2.45, 2.75) is 38.7 Å². The SMILES string of the molecule is CC1CCCC(C#N)(C(O)c2ccc3ccccc3n2)C1. The van der Waals surface area contributed by atoms with Gasteiger partial charge in [-0.2, -0.15) is 5.26 Å². The second-order valence-electron chi connectivity index (χ2n) is 6.30. The summed E-state index contributed by atoms with van der Waals surface area (Å²) in [6.45, 7) is 2.16. The summed E-state index contributed by atoms with van der Waals surface area (Å²) in [7, 11) is 0. The van der Waals surface area contributed by atoms with Gasteiger partial charge in [0, 0.05) is 5.39 Å². The number of para-hydroxylation sites is 1. The third kappa shape index (κ3) is 2.52. The Balaban J connectivity index is 1.98. The summed E-state index contributed by atoms with van der Waals surface area (Å²) < 4.78 is 0. The summed E-state index contributed by atoms with van der Waals surface area (Å²) in [6.07, 6.45) is 2.83. The van der Waals surface area contributed by atoms with Gasteiger partial charge < -0.3 is 5.11 Å². The summed E-state index contributed by atoms with van der Waals surface area (Å²) in [5.41, 5.74) is 0.794. The summed E-state index contributed by atoms with van der Waals surface area (Å²) in [6, 6.07) is 14.1. The molecule has 0 aliphatic heterocycles. The number of benzene rings is 1. The van der Waals surface area contributed by atoms with Gasteiger partial charge >= 0.3 is 0 Å². The van der Waals surface area contributed by atoms with Gasteiger partial charge in [-0.25, -0.2) is 0 Å². The van der Waals surface area contributed by atoms with E-state index in [2.05, 4.69) is 18.0 Å². The Morgan fingerprint density at radius 3 is 2.90 bits per heavy atom. The number of rotatable bonds is 2. The molecule has 1 N–H and O–H groups in total. The Morgan fingerprint density at radius 2 is 2.14 bits per heavy atom. The lowest BCUT2D eigenvalue weighted by Crippen LogP contribution is -2.33. The zero-order valence-corrected chi connectivity index (χ0v) is 12.3. The molecule has 0 radical (unpaired) electrons. The summed E-state index contributed by atoms with van der Waals surface area (Å²) >= 11 is 0. The van der Waals surface area contributed by atoms with Gasteiger partial charge in [0.05, 0.1) is 22.7 Å². The number of aromatic nitrogens is 1. The predicted octanol–water partition coefficient (Wildman–Crippen LogP) is 3.99. The second-order valence-corrected chi connectivity index (χ2v) is 6.30. The first-order valence-corrected chi connectivity index (χ1v) is 7.60. The quantitative estimate of drug-likeness (QED) is 0.905. The van der Waals surface area contributed by atoms with Gasteiger partial charge in [0.1, 0.15) is 6.10 Å². The number of nitrogens with zero attached hydrogens (tertiary/aromatic N) is 2. The molecular weight excluding hydrogens is 260 g/mol. The molecular formula is C18H20N2O. The van der Waals surface area contributed by atoms with Gasteiger partial charge in [0.15, 0.2) is 0 Å². The van der Waals surface area contributed by atoms with Crippen LogP contribution in [-0.2, 0) is 0 Å². The number of aliphatic hydroxyl groups excluding tert-OH is 1. The molecule has 1 aromatic carbocycles. The van der Waals surface area contributed by atoms with E-state index in [0.717, 1.165) is 36.6 Å². The third-order valence-electron chi connectivity index (χ3n) is 4.68. The smallest absolute Gasteiger partial charge is 0.115 e. The van der Waals surface area contributed by atoms with Crippen LogP contribution >= 0.6 is 0 Å². The van der Waals surface area contributed by atoms with Crippen molar-refractivity contribution in [3.8, 4) is 6.07 Å². The lowest BCUT2D eigenvalue weighted by Gasteiger charge is -2.37. The predicted molar refractivity (Wildman–Crippen MR) is 82.4 cm³/mol. The first-order chi connectivity index (χ1) is 10.1. The normalized spacial score (nSPS) is 27.2. The maximum absolute atomic E-state index is 10.8. The molecule has 21 heavy (non-hydrogen) atoms. The minimum absolute atomic E-state index is 0.480. The van der Waals surface area contributed by atoms with Gasteiger partial charge in [0.2, 0.25) is 0 Å². The van der Waals surface area contributed by atoms with Crippen LogP contribution in [0, 0.1) is 22.7 Å². The number of nitriles is 1. The molecule has 2 aromatic rings. The summed E-state index contributed by atoms with van der Waals surface area (Å²) in [5.74, 6) is 0.480. The Morgan fingerprint density at radius 1 is 1.33 bits per heavy atom. The maximum atomic E-state index is 10.8. The van der Waals surface area contributed by atoms with E-state index in [9.17, 15) is 10.4 Å². The van der Waals surface area contributed by atoms with E-state index in [1.54, 1.807) is 0 Å². The average molecular weight is 280 g/mol. The van der Waals surface area contributed by atoms with Crippen molar-refractivity contribution in [2.75, 3.05) is 0 Å². The van der Waals surface area contributed by atoms with E-state index in [4.69, 9.17) is 0 Å². The van der Waals surface area contributed by atoms with Gasteiger partial charge in [-0.05, 0) is 30.9 Å². The van der Waals surface area contributed by atoms with Gasteiger partial charge in [0.25, 0.3) is 0 Å². The molecule has 108 valence electrons. The molecule has 1 heterocycles. The first kappa shape index (κ1) is 14.0. The second kappa shape index (κ2) is 5.46. The highest BCUT2D eigenvalue weighted by molar-refractivity contribution is 5.78. The fourth-order valence-corrected chi connectivity index (χ4v) is 3.52. The van der Waals surface area contributed by atoms with Crippen molar-refractivity contribution >= 4 is 10.9 Å². The van der Waals surface area contributed by atoms with E-state index in [1.807, 2.05) is 36.4 Å². The monoisotopic (exact) mass is 280 g/mol. The van der Waals surface area contributed by atoms with Crippen molar-refractivity contribution in [3.05, 3.63) is 42.1 Å². The molecule has 0 bridgehead atoms. The summed E-state index contributed by atoms with van der Waals surface area (Å²) in [4.78, 5) is 4.57. The van der Waals surface area contributed by atoms with Crippen LogP contribution in [0.3, 0.4) is 0 Å². The van der Waals surface area contributed by atoms with Crippen LogP contribution < -0.4 is 0 Å². The number of hydrogen-bond donors (Lipinski definition) is 1. The molecule has 3 rings (SSSR count). The Hall–Kier alpha value is -1.92. The molecule has 3 atom stereocenters. The van der Waals surface area contributed by atoms with Crippen LogP contribution in [0.25, 0.3) is 10.9 Å². The zero-order valence-electron chi connectivity index (χ0n) is 12.3. The highest BCUT2D eigenvalue weighted by Gasteiger charge is 2.43. The molecule has 1 aliphatic carbocycles. The lowest BCUT2D eigenvalue weighted by molar-refractivity contribution is 0.0192. The van der Waals surface area contributed by atoms with Crippen LogP contribution in [0.4, 0.5) is 0 Å². The van der Waals surface area contributed by atoms with E-state index in [-0.39, 0.29) is 0 Å². The molecule has 1 saturated carbocycles. The molecule has 1 aromatic heterocycles. The minimum Gasteiger partial charge on any atom is -0.385 e. The molecule has 1 fully saturated rings. The molecule has 3 heteroatoms. The number of pyridine rings is 1. The number of aliphatic hydroxyl groups is 1. The lowest BCUT2D eigenvalue weighted by atomic mass is 9.67. The van der Waals surface area contributed by atoms with Crippen molar-refractivity contribution < 1.29 is 5.11 Å². The van der Waals surface area contributed by atoms with Crippen molar-refractivity contribution in [1.82, 2.24) is 4.98 Å². The van der Waals surface area contributed by atoms with E-state index in [1.165, 1.54) is 0 Å². The molecule has 1 aliphatic rings. The van der Waals surface area contributed by atoms with Crippen LogP contribution in [0.2, 0.25) is 0 Å². The van der Waals surface area contributed by atoms with E-state index >= 15 is 0 Å². The Bertz CT molecular complexity index is 691. The number of hydrogen-bond acceptors (Lipinski definition) is 3. The molecule has 0 saturated heterocycles. The number of fused-ring (bicyclic) bond motifs is 1. The topological polar surface area (TPSA) is 56.9 Å². The van der Waals surface area contributed by atoms with Crippen LogP contribution in [0.15, 0.2) is 36.4 Å². The van der Waals surface area contributed by atoms with Crippen LogP contribution in [0.5, 0.6) is 0 Å². The van der Waals surface area contributed by atoms with Crippen molar-refractivity contribution in [3.63, 3.8) is 0 Å². The maximum Gasteiger partial charge on any atom is 0.115 e. The highest BCUT2D eigenvalue weighted by atomic mass is 16.3. The van der Waals surface area contributed by atoms with Gasteiger partial charge in [-0.15, -0.1) is 0 Å². The van der Waals surface area contributed by atoms with Gasteiger partial charge in [-0.1, -0.05) is 44.0 Å². The Kier molecular flexibility index (Phi) is 3.65. The Labute approximate surface area is 125 Å².